The van der Waals surface area contributed by atoms with Crippen LogP contribution in [-0.4, -0.2) is 51.3 Å². The van der Waals surface area contributed by atoms with Crippen molar-refractivity contribution >= 4 is 29.6 Å². The van der Waals surface area contributed by atoms with Gasteiger partial charge in [-0.1, -0.05) is 12.1 Å². The molecule has 3 rings (SSSR count). The van der Waals surface area contributed by atoms with Gasteiger partial charge in [0.2, 0.25) is 0 Å². The third-order valence-electron chi connectivity index (χ3n) is 5.77. The minimum Gasteiger partial charge on any atom is -0.493 e. The lowest BCUT2D eigenvalue weighted by molar-refractivity contribution is -0.139. The van der Waals surface area contributed by atoms with Crippen LogP contribution in [-0.2, 0) is 20.8 Å². The molecule has 0 aliphatic heterocycles. The minimum atomic E-state index is -0.881. The van der Waals surface area contributed by atoms with E-state index in [9.17, 15) is 14.4 Å². The summed E-state index contributed by atoms with van der Waals surface area (Å²) in [5.41, 5.74) is 6.73. The molecule has 0 saturated heterocycles. The van der Waals surface area contributed by atoms with Crippen LogP contribution in [0.4, 0.5) is 5.69 Å². The zero-order valence-electron chi connectivity index (χ0n) is 22.4. The van der Waals surface area contributed by atoms with Gasteiger partial charge in [0, 0.05) is 12.2 Å². The summed E-state index contributed by atoms with van der Waals surface area (Å²) in [7, 11) is 3.10. The van der Waals surface area contributed by atoms with Crippen molar-refractivity contribution in [1.82, 2.24) is 10.7 Å². The first kappa shape index (κ1) is 28.7. The Labute approximate surface area is 227 Å². The summed E-state index contributed by atoms with van der Waals surface area (Å²) in [6.45, 7) is 4.11. The molecule has 10 nitrogen and oxygen atoms in total. The highest BCUT2D eigenvalue weighted by Gasteiger charge is 2.12. The maximum atomic E-state index is 12.2. The van der Waals surface area contributed by atoms with Crippen LogP contribution in [0, 0.1) is 13.8 Å². The lowest BCUT2D eigenvalue weighted by atomic mass is 10.1. The normalized spacial score (nSPS) is 10.6. The number of rotatable bonds is 11. The SMILES string of the molecule is COc1ccc(CCNC(=O)C(=O)N/N=C\c2ccc(OCC(=O)Nc3ccc(C)c(C)c3)cc2)cc1OC. The van der Waals surface area contributed by atoms with E-state index in [1.165, 1.54) is 6.21 Å². The van der Waals surface area contributed by atoms with Crippen molar-refractivity contribution in [3.63, 3.8) is 0 Å². The fourth-order valence-electron chi connectivity index (χ4n) is 3.47. The predicted molar refractivity (Wildman–Crippen MR) is 148 cm³/mol. The van der Waals surface area contributed by atoms with Crippen molar-refractivity contribution in [2.45, 2.75) is 20.3 Å². The number of hydrogen-bond donors (Lipinski definition) is 3. The molecular weight excluding hydrogens is 500 g/mol. The van der Waals surface area contributed by atoms with Gasteiger partial charge in [0.15, 0.2) is 18.1 Å². The highest BCUT2D eigenvalue weighted by Crippen LogP contribution is 2.27. The molecule has 0 aliphatic carbocycles. The maximum Gasteiger partial charge on any atom is 0.329 e. The Kier molecular flexibility index (Phi) is 10.4. The second-order valence-electron chi connectivity index (χ2n) is 8.60. The van der Waals surface area contributed by atoms with E-state index in [-0.39, 0.29) is 19.1 Å². The summed E-state index contributed by atoms with van der Waals surface area (Å²) in [6.07, 6.45) is 1.90. The Morgan fingerprint density at radius 1 is 0.846 bits per heavy atom. The number of benzene rings is 3. The first-order valence-corrected chi connectivity index (χ1v) is 12.2. The molecule has 204 valence electrons. The number of carbonyl (C=O) groups is 3. The van der Waals surface area contributed by atoms with E-state index in [4.69, 9.17) is 14.2 Å². The second kappa shape index (κ2) is 14.2. The zero-order valence-corrected chi connectivity index (χ0v) is 22.4. The molecule has 0 heterocycles. The standard InChI is InChI=1S/C29H32N4O6/c1-19-5-9-23(15-20(19)2)32-27(34)18-39-24-10-6-22(7-11-24)17-31-33-29(36)28(35)30-14-13-21-8-12-25(37-3)26(16-21)38-4/h5-12,15-17H,13-14,18H2,1-4H3,(H,30,35)(H,32,34)(H,33,36)/b31-17-. The molecule has 0 unspecified atom stereocenters. The lowest BCUT2D eigenvalue weighted by Crippen LogP contribution is -2.38. The molecule has 10 heteroatoms. The number of methoxy groups -OCH3 is 2. The average Bonchev–Trinajstić information content (AvgIpc) is 2.94. The Hall–Kier alpha value is -4.86. The summed E-state index contributed by atoms with van der Waals surface area (Å²) in [5, 5.41) is 9.17. The number of aryl methyl sites for hydroxylation is 2. The van der Waals surface area contributed by atoms with E-state index in [1.54, 1.807) is 44.6 Å². The monoisotopic (exact) mass is 532 g/mol. The van der Waals surface area contributed by atoms with E-state index in [0.29, 0.717) is 34.9 Å². The lowest BCUT2D eigenvalue weighted by Gasteiger charge is -2.10. The van der Waals surface area contributed by atoms with Crippen LogP contribution in [0.3, 0.4) is 0 Å². The van der Waals surface area contributed by atoms with Crippen molar-refractivity contribution in [3.8, 4) is 17.2 Å². The maximum absolute atomic E-state index is 12.2. The molecule has 0 saturated carbocycles. The summed E-state index contributed by atoms with van der Waals surface area (Å²) in [4.78, 5) is 36.2. The van der Waals surface area contributed by atoms with Gasteiger partial charge in [-0.3, -0.25) is 14.4 Å². The average molecular weight is 533 g/mol. The number of hydrazone groups is 1. The Morgan fingerprint density at radius 2 is 1.59 bits per heavy atom. The molecular formula is C29H32N4O6. The topological polar surface area (TPSA) is 127 Å². The number of nitrogens with zero attached hydrogens (tertiary/aromatic N) is 1. The smallest absolute Gasteiger partial charge is 0.329 e. The van der Waals surface area contributed by atoms with Gasteiger partial charge in [0.05, 0.1) is 20.4 Å². The van der Waals surface area contributed by atoms with E-state index in [1.807, 2.05) is 44.2 Å². The van der Waals surface area contributed by atoms with Gasteiger partial charge in [-0.2, -0.15) is 5.10 Å². The molecule has 0 radical (unpaired) electrons. The van der Waals surface area contributed by atoms with Gasteiger partial charge in [0.1, 0.15) is 5.75 Å². The molecule has 0 atom stereocenters. The molecule has 3 aromatic rings. The van der Waals surface area contributed by atoms with Gasteiger partial charge in [-0.25, -0.2) is 5.43 Å². The summed E-state index contributed by atoms with van der Waals surface area (Å²) < 4.78 is 16.0. The van der Waals surface area contributed by atoms with E-state index < -0.39 is 11.8 Å². The molecule has 3 N–H and O–H groups in total. The predicted octanol–water partition coefficient (Wildman–Crippen LogP) is 3.15. The third-order valence-corrected chi connectivity index (χ3v) is 5.77. The largest absolute Gasteiger partial charge is 0.493 e. The van der Waals surface area contributed by atoms with Crippen molar-refractivity contribution in [2.24, 2.45) is 5.10 Å². The Bertz CT molecular complexity index is 1340. The van der Waals surface area contributed by atoms with Gasteiger partial charge in [-0.05, 0) is 91.1 Å². The van der Waals surface area contributed by atoms with E-state index in [2.05, 4.69) is 21.2 Å². The Morgan fingerprint density at radius 3 is 2.28 bits per heavy atom. The third kappa shape index (κ3) is 8.89. The highest BCUT2D eigenvalue weighted by atomic mass is 16.5. The van der Waals surface area contributed by atoms with Crippen LogP contribution < -0.4 is 30.3 Å². The number of carbonyl (C=O) groups excluding carboxylic acids is 3. The van der Waals surface area contributed by atoms with Gasteiger partial charge in [-0.15, -0.1) is 0 Å². The van der Waals surface area contributed by atoms with Crippen molar-refractivity contribution in [3.05, 3.63) is 82.9 Å². The number of hydrogen-bond acceptors (Lipinski definition) is 7. The van der Waals surface area contributed by atoms with Crippen LogP contribution in [0.1, 0.15) is 22.3 Å². The minimum absolute atomic E-state index is 0.141. The van der Waals surface area contributed by atoms with Crippen molar-refractivity contribution in [1.29, 1.82) is 0 Å². The van der Waals surface area contributed by atoms with Crippen LogP contribution in [0.15, 0.2) is 65.8 Å². The fraction of sp³-hybridized carbons (Fsp3) is 0.241. The quantitative estimate of drug-likeness (QED) is 0.198. The van der Waals surface area contributed by atoms with Crippen LogP contribution in [0.2, 0.25) is 0 Å². The molecule has 0 bridgehead atoms. The number of anilines is 1. The molecule has 3 aromatic carbocycles. The highest BCUT2D eigenvalue weighted by molar-refractivity contribution is 6.35. The molecule has 0 aromatic heterocycles. The van der Waals surface area contributed by atoms with Crippen LogP contribution in [0.25, 0.3) is 0 Å². The molecule has 0 fully saturated rings. The van der Waals surface area contributed by atoms with Gasteiger partial charge >= 0.3 is 11.8 Å². The number of nitrogens with one attached hydrogen (secondary N) is 3. The summed E-state index contributed by atoms with van der Waals surface area (Å²) in [6, 6.07) is 17.9. The molecule has 3 amide bonds. The zero-order chi connectivity index (χ0) is 28.2. The fourth-order valence-corrected chi connectivity index (χ4v) is 3.47. The number of amides is 3. The van der Waals surface area contributed by atoms with Crippen LogP contribution in [0.5, 0.6) is 17.2 Å². The van der Waals surface area contributed by atoms with Crippen molar-refractivity contribution < 1.29 is 28.6 Å². The van der Waals surface area contributed by atoms with Gasteiger partial charge < -0.3 is 24.8 Å². The molecule has 0 spiro atoms. The van der Waals surface area contributed by atoms with E-state index in [0.717, 1.165) is 16.7 Å². The summed E-state index contributed by atoms with van der Waals surface area (Å²) >= 11 is 0. The van der Waals surface area contributed by atoms with E-state index >= 15 is 0 Å². The molecule has 0 aliphatic rings. The second-order valence-corrected chi connectivity index (χ2v) is 8.60. The Balaban J connectivity index is 1.38. The summed E-state index contributed by atoms with van der Waals surface area (Å²) in [5.74, 6) is -0.245. The van der Waals surface area contributed by atoms with Crippen molar-refractivity contribution in [2.75, 3.05) is 32.7 Å². The molecule has 39 heavy (non-hydrogen) atoms. The first-order valence-electron chi connectivity index (χ1n) is 12.2. The van der Waals surface area contributed by atoms with Gasteiger partial charge in [0.25, 0.3) is 5.91 Å². The number of ether oxygens (including phenoxy) is 3. The van der Waals surface area contributed by atoms with Crippen LogP contribution >= 0.6 is 0 Å². The first-order chi connectivity index (χ1) is 18.8.